The summed E-state index contributed by atoms with van der Waals surface area (Å²) in [5, 5.41) is 6.40. The van der Waals surface area contributed by atoms with E-state index in [2.05, 4.69) is 10.2 Å². The second-order valence-electron chi connectivity index (χ2n) is 5.14. The van der Waals surface area contributed by atoms with Crippen LogP contribution in [0.5, 0.6) is 0 Å². The number of piperidine rings is 1. The zero-order valence-corrected chi connectivity index (χ0v) is 11.0. The first-order valence-electron chi connectivity index (χ1n) is 5.51. The molecule has 0 aromatic carbocycles. The first-order valence-corrected chi connectivity index (χ1v) is 5.91. The first kappa shape index (κ1) is 12.7. The van der Waals surface area contributed by atoms with Crippen LogP contribution in [0.3, 0.4) is 0 Å². The summed E-state index contributed by atoms with van der Waals surface area (Å²) in [5.41, 5.74) is 5.63. The second-order valence-corrected chi connectivity index (χ2v) is 5.58. The molecule has 0 atom stereocenters. The number of hydrogen-bond acceptors (Lipinski definition) is 4. The van der Waals surface area contributed by atoms with Gasteiger partial charge in [0.05, 0.1) is 11.8 Å². The number of carbonyl (C=O) groups excluding carboxylic acids is 2. The van der Waals surface area contributed by atoms with E-state index in [1.165, 1.54) is 6.20 Å². The molecule has 1 saturated heterocycles. The molecule has 1 fully saturated rings. The molecule has 1 aromatic heterocycles. The Morgan fingerprint density at radius 1 is 1.44 bits per heavy atom. The van der Waals surface area contributed by atoms with Crippen LogP contribution in [0.1, 0.15) is 32.3 Å². The number of amides is 2. The SMILES string of the molecule is CC1(C)CC(=O)N(c2[nH]ncc2C(N)=S)C(=O)C1. The number of carbonyl (C=O) groups is 2. The zero-order valence-electron chi connectivity index (χ0n) is 10.2. The Morgan fingerprint density at radius 2 is 2.00 bits per heavy atom. The maximum atomic E-state index is 12.1. The van der Waals surface area contributed by atoms with Crippen molar-refractivity contribution in [3.63, 3.8) is 0 Å². The van der Waals surface area contributed by atoms with Gasteiger partial charge in [0.1, 0.15) is 10.8 Å². The van der Waals surface area contributed by atoms with Crippen molar-refractivity contribution in [1.29, 1.82) is 0 Å². The normalized spacial score (nSPS) is 19.1. The summed E-state index contributed by atoms with van der Waals surface area (Å²) in [5.74, 6) is -0.260. The van der Waals surface area contributed by atoms with E-state index in [1.54, 1.807) is 0 Å². The Kier molecular flexibility index (Phi) is 2.94. The van der Waals surface area contributed by atoms with Crippen LogP contribution in [-0.4, -0.2) is 27.0 Å². The van der Waals surface area contributed by atoms with Crippen LogP contribution in [0.15, 0.2) is 6.20 Å². The Hall–Kier alpha value is -1.76. The number of nitrogens with two attached hydrogens (primary N) is 1. The number of imide groups is 1. The summed E-state index contributed by atoms with van der Waals surface area (Å²) in [4.78, 5) is 25.3. The fraction of sp³-hybridized carbons (Fsp3) is 0.455. The molecule has 96 valence electrons. The van der Waals surface area contributed by atoms with Crippen LogP contribution in [-0.2, 0) is 9.59 Å². The molecule has 2 rings (SSSR count). The lowest BCUT2D eigenvalue weighted by Gasteiger charge is -2.34. The molecule has 0 radical (unpaired) electrons. The molecule has 2 amide bonds. The third-order valence-electron chi connectivity index (χ3n) is 2.87. The number of anilines is 1. The van der Waals surface area contributed by atoms with Gasteiger partial charge in [0.2, 0.25) is 11.8 Å². The lowest BCUT2D eigenvalue weighted by atomic mass is 9.81. The maximum Gasteiger partial charge on any atom is 0.235 e. The number of nitrogens with one attached hydrogen (secondary N) is 1. The van der Waals surface area contributed by atoms with Gasteiger partial charge >= 0.3 is 0 Å². The topological polar surface area (TPSA) is 92.1 Å². The molecular weight excluding hydrogens is 252 g/mol. The molecule has 1 aromatic rings. The molecule has 0 spiro atoms. The van der Waals surface area contributed by atoms with Gasteiger partial charge in [-0.1, -0.05) is 26.1 Å². The van der Waals surface area contributed by atoms with Gasteiger partial charge in [0.15, 0.2) is 0 Å². The molecule has 1 aliphatic rings. The molecule has 6 nitrogen and oxygen atoms in total. The van der Waals surface area contributed by atoms with Gasteiger partial charge in [-0.05, 0) is 5.41 Å². The third-order valence-corrected chi connectivity index (χ3v) is 3.09. The highest BCUT2D eigenvalue weighted by molar-refractivity contribution is 7.80. The van der Waals surface area contributed by atoms with E-state index in [1.807, 2.05) is 13.8 Å². The minimum absolute atomic E-state index is 0.101. The molecule has 0 bridgehead atoms. The van der Waals surface area contributed by atoms with Crippen molar-refractivity contribution in [2.24, 2.45) is 11.1 Å². The standard InChI is InChI=1S/C11H14N4O2S/c1-11(2)3-7(16)15(8(17)4-11)10-6(9(12)18)5-13-14-10/h5H,3-4H2,1-2H3,(H2,12,18)(H,13,14). The molecule has 2 heterocycles. The summed E-state index contributed by atoms with van der Waals surface area (Å²) >= 11 is 4.86. The molecule has 18 heavy (non-hydrogen) atoms. The summed E-state index contributed by atoms with van der Waals surface area (Å²) < 4.78 is 0. The van der Waals surface area contributed by atoms with Gasteiger partial charge in [-0.25, -0.2) is 4.90 Å². The number of aromatic amines is 1. The molecule has 0 unspecified atom stereocenters. The predicted molar refractivity (Wildman–Crippen MR) is 70.0 cm³/mol. The van der Waals surface area contributed by atoms with Gasteiger partial charge in [-0.2, -0.15) is 5.10 Å². The monoisotopic (exact) mass is 266 g/mol. The van der Waals surface area contributed by atoms with Crippen LogP contribution < -0.4 is 10.6 Å². The maximum absolute atomic E-state index is 12.1. The van der Waals surface area contributed by atoms with Gasteiger partial charge in [0, 0.05) is 12.8 Å². The van der Waals surface area contributed by atoms with E-state index < -0.39 is 0 Å². The van der Waals surface area contributed by atoms with Crippen molar-refractivity contribution >= 4 is 34.8 Å². The number of hydrogen-bond donors (Lipinski definition) is 2. The minimum atomic E-state index is -0.311. The highest BCUT2D eigenvalue weighted by Crippen LogP contribution is 2.34. The van der Waals surface area contributed by atoms with Crippen molar-refractivity contribution < 1.29 is 9.59 Å². The summed E-state index contributed by atoms with van der Waals surface area (Å²) in [6.45, 7) is 3.78. The zero-order chi connectivity index (χ0) is 13.5. The molecule has 0 aliphatic carbocycles. The second kappa shape index (κ2) is 4.16. The highest BCUT2D eigenvalue weighted by atomic mass is 32.1. The minimum Gasteiger partial charge on any atom is -0.389 e. The van der Waals surface area contributed by atoms with Crippen LogP contribution >= 0.6 is 12.2 Å². The average Bonchev–Trinajstić information content (AvgIpc) is 2.62. The molecule has 7 heteroatoms. The summed E-state index contributed by atoms with van der Waals surface area (Å²) in [7, 11) is 0. The smallest absolute Gasteiger partial charge is 0.235 e. The fourth-order valence-electron chi connectivity index (χ4n) is 2.06. The Labute approximate surface area is 110 Å². The number of rotatable bonds is 2. The quantitative estimate of drug-likeness (QED) is 0.608. The van der Waals surface area contributed by atoms with Crippen molar-refractivity contribution in [1.82, 2.24) is 10.2 Å². The average molecular weight is 266 g/mol. The van der Waals surface area contributed by atoms with Crippen LogP contribution in [0.25, 0.3) is 0 Å². The first-order chi connectivity index (χ1) is 8.32. The van der Waals surface area contributed by atoms with Gasteiger partial charge in [-0.3, -0.25) is 14.7 Å². The van der Waals surface area contributed by atoms with Gasteiger partial charge < -0.3 is 5.73 Å². The van der Waals surface area contributed by atoms with Crippen molar-refractivity contribution in [2.45, 2.75) is 26.7 Å². The van der Waals surface area contributed by atoms with Crippen LogP contribution in [0.4, 0.5) is 5.82 Å². The number of nitrogens with zero attached hydrogens (tertiary/aromatic N) is 2. The van der Waals surface area contributed by atoms with E-state index in [4.69, 9.17) is 18.0 Å². The molecule has 0 saturated carbocycles. The van der Waals surface area contributed by atoms with E-state index in [9.17, 15) is 9.59 Å². The van der Waals surface area contributed by atoms with Crippen molar-refractivity contribution in [3.8, 4) is 0 Å². The summed E-state index contributed by atoms with van der Waals surface area (Å²) in [6.07, 6.45) is 2.01. The molecule has 3 N–H and O–H groups in total. The van der Waals surface area contributed by atoms with E-state index in [-0.39, 0.29) is 28.0 Å². The van der Waals surface area contributed by atoms with E-state index in [0.717, 1.165) is 4.90 Å². The lowest BCUT2D eigenvalue weighted by molar-refractivity contribution is -0.132. The summed E-state index contributed by atoms with van der Waals surface area (Å²) in [6, 6.07) is 0. The number of H-pyrrole nitrogens is 1. The highest BCUT2D eigenvalue weighted by Gasteiger charge is 2.39. The van der Waals surface area contributed by atoms with Crippen molar-refractivity contribution in [3.05, 3.63) is 11.8 Å². The Morgan fingerprint density at radius 3 is 2.50 bits per heavy atom. The van der Waals surface area contributed by atoms with E-state index >= 15 is 0 Å². The fourth-order valence-corrected chi connectivity index (χ4v) is 2.21. The molecule has 1 aliphatic heterocycles. The third kappa shape index (κ3) is 2.13. The Balaban J connectivity index is 2.39. The van der Waals surface area contributed by atoms with Crippen LogP contribution in [0.2, 0.25) is 0 Å². The van der Waals surface area contributed by atoms with E-state index in [0.29, 0.717) is 18.4 Å². The number of aromatic nitrogens is 2. The van der Waals surface area contributed by atoms with Crippen LogP contribution in [0, 0.1) is 5.41 Å². The number of thiocarbonyl (C=S) groups is 1. The lowest BCUT2D eigenvalue weighted by Crippen LogP contribution is -2.47. The Bertz CT molecular complexity index is 515. The van der Waals surface area contributed by atoms with Gasteiger partial charge in [-0.15, -0.1) is 0 Å². The largest absolute Gasteiger partial charge is 0.389 e. The van der Waals surface area contributed by atoms with Crippen molar-refractivity contribution in [2.75, 3.05) is 4.90 Å². The molecular formula is C11H14N4O2S. The predicted octanol–water partition coefficient (Wildman–Crippen LogP) is 0.724. The van der Waals surface area contributed by atoms with Gasteiger partial charge in [0.25, 0.3) is 0 Å².